The first kappa shape index (κ1) is 28.9. The minimum absolute atomic E-state index is 0.0217. The van der Waals surface area contributed by atoms with Gasteiger partial charge in [0.05, 0.1) is 35.6 Å². The van der Waals surface area contributed by atoms with E-state index in [1.54, 1.807) is 4.57 Å². The van der Waals surface area contributed by atoms with E-state index in [0.29, 0.717) is 23.4 Å². The van der Waals surface area contributed by atoms with Crippen molar-refractivity contribution in [3.63, 3.8) is 0 Å². The number of rotatable bonds is 10. The Labute approximate surface area is 240 Å². The SMILES string of the molecule is C=CC(=O)OCCO[Si](OC1(CC)C(=O)OCc2c1cc1n(c2=O)Cc2cc3ccccc3nc2-1)(C(C)C)C(C)C. The highest BCUT2D eigenvalue weighted by molar-refractivity contribution is 6.70. The van der Waals surface area contributed by atoms with Crippen LogP contribution in [0.2, 0.25) is 11.1 Å². The van der Waals surface area contributed by atoms with Crippen LogP contribution in [0.25, 0.3) is 22.3 Å². The smallest absolute Gasteiger partial charge is 0.344 e. The Morgan fingerprint density at radius 2 is 1.90 bits per heavy atom. The van der Waals surface area contributed by atoms with Crippen molar-refractivity contribution < 1.29 is 27.9 Å². The molecule has 4 heterocycles. The average molecular weight is 577 g/mol. The Morgan fingerprint density at radius 3 is 2.59 bits per heavy atom. The Balaban J connectivity index is 1.62. The van der Waals surface area contributed by atoms with Crippen LogP contribution >= 0.6 is 0 Å². The fraction of sp³-hybridized carbons (Fsp3) is 0.419. The minimum Gasteiger partial charge on any atom is -0.460 e. The zero-order valence-corrected chi connectivity index (χ0v) is 25.2. The number of hydrogen-bond donors (Lipinski definition) is 0. The number of cyclic esters (lactones) is 1. The van der Waals surface area contributed by atoms with Crippen molar-refractivity contribution in [3.8, 4) is 11.4 Å². The molecule has 0 spiro atoms. The topological polar surface area (TPSA) is 106 Å². The largest absolute Gasteiger partial charge is 0.460 e. The van der Waals surface area contributed by atoms with Gasteiger partial charge in [0.15, 0.2) is 5.60 Å². The first-order valence-corrected chi connectivity index (χ1v) is 16.0. The molecule has 1 aromatic carbocycles. The highest BCUT2D eigenvalue weighted by Gasteiger charge is 2.57. The molecule has 0 N–H and O–H groups in total. The van der Waals surface area contributed by atoms with Gasteiger partial charge in [-0.25, -0.2) is 14.6 Å². The van der Waals surface area contributed by atoms with Crippen LogP contribution in [0.4, 0.5) is 0 Å². The molecule has 216 valence electrons. The summed E-state index contributed by atoms with van der Waals surface area (Å²) in [7, 11) is -3.22. The Morgan fingerprint density at radius 1 is 1.17 bits per heavy atom. The van der Waals surface area contributed by atoms with Crippen LogP contribution in [0.1, 0.15) is 57.7 Å². The van der Waals surface area contributed by atoms with Crippen molar-refractivity contribution in [2.45, 2.75) is 70.9 Å². The highest BCUT2D eigenvalue weighted by Crippen LogP contribution is 2.46. The van der Waals surface area contributed by atoms with E-state index >= 15 is 0 Å². The van der Waals surface area contributed by atoms with E-state index < -0.39 is 26.1 Å². The molecule has 0 fully saturated rings. The van der Waals surface area contributed by atoms with E-state index in [1.165, 1.54) is 0 Å². The summed E-state index contributed by atoms with van der Waals surface area (Å²) in [5.41, 5.74) is 2.16. The Bertz CT molecular complexity index is 1590. The lowest BCUT2D eigenvalue weighted by Crippen LogP contribution is -2.58. The number of ether oxygens (including phenoxy) is 2. The van der Waals surface area contributed by atoms with Crippen molar-refractivity contribution in [2.75, 3.05) is 13.2 Å². The first-order chi connectivity index (χ1) is 19.6. The van der Waals surface area contributed by atoms with E-state index in [-0.39, 0.29) is 42.9 Å². The van der Waals surface area contributed by atoms with Crippen molar-refractivity contribution in [2.24, 2.45) is 0 Å². The van der Waals surface area contributed by atoms with Crippen LogP contribution in [-0.2, 0) is 46.7 Å². The van der Waals surface area contributed by atoms with Crippen molar-refractivity contribution >= 4 is 31.4 Å². The van der Waals surface area contributed by atoms with Gasteiger partial charge in [0.25, 0.3) is 5.56 Å². The van der Waals surface area contributed by atoms with Crippen molar-refractivity contribution in [3.05, 3.63) is 76.1 Å². The minimum atomic E-state index is -3.22. The zero-order valence-electron chi connectivity index (χ0n) is 24.2. The van der Waals surface area contributed by atoms with Crippen LogP contribution in [0.5, 0.6) is 0 Å². The van der Waals surface area contributed by atoms with Crippen LogP contribution in [0.3, 0.4) is 0 Å². The number of carbonyl (C=O) groups is 2. The predicted molar refractivity (Wildman–Crippen MR) is 156 cm³/mol. The fourth-order valence-corrected chi connectivity index (χ4v) is 9.84. The van der Waals surface area contributed by atoms with Gasteiger partial charge in [-0.2, -0.15) is 0 Å². The molecular weight excluding hydrogens is 540 g/mol. The third-order valence-electron chi connectivity index (χ3n) is 8.15. The van der Waals surface area contributed by atoms with Gasteiger partial charge in [0.1, 0.15) is 13.2 Å². The first-order valence-electron chi connectivity index (χ1n) is 14.0. The lowest BCUT2D eigenvalue weighted by molar-refractivity contribution is -0.172. The molecule has 0 bridgehead atoms. The summed E-state index contributed by atoms with van der Waals surface area (Å²) in [6, 6.07) is 11.8. The third kappa shape index (κ3) is 4.73. The number of carbonyl (C=O) groups excluding carboxylic acids is 2. The number of nitrogens with zero attached hydrogens (tertiary/aromatic N) is 2. The zero-order chi connectivity index (χ0) is 29.5. The van der Waals surface area contributed by atoms with E-state index in [0.717, 1.165) is 28.2 Å². The summed E-state index contributed by atoms with van der Waals surface area (Å²) in [6.07, 6.45) is 1.34. The van der Waals surface area contributed by atoms with Gasteiger partial charge in [-0.1, -0.05) is 59.4 Å². The molecule has 1 atom stereocenters. The second-order valence-electron chi connectivity index (χ2n) is 11.1. The maximum atomic E-state index is 13.9. The van der Waals surface area contributed by atoms with E-state index in [9.17, 15) is 14.4 Å². The maximum absolute atomic E-state index is 13.9. The van der Waals surface area contributed by atoms with Gasteiger partial charge in [-0.3, -0.25) is 4.79 Å². The summed E-state index contributed by atoms with van der Waals surface area (Å²) in [5.74, 6) is -1.08. The molecular formula is C31H36N2O7Si. The summed E-state index contributed by atoms with van der Waals surface area (Å²) in [5, 5.41) is 1.00. The molecule has 1 unspecified atom stereocenters. The molecule has 10 heteroatoms. The van der Waals surface area contributed by atoms with Gasteiger partial charge >= 0.3 is 20.5 Å². The fourth-order valence-electron chi connectivity index (χ4n) is 6.02. The molecule has 2 aliphatic heterocycles. The number of benzene rings is 1. The molecule has 2 aromatic heterocycles. The van der Waals surface area contributed by atoms with Crippen LogP contribution in [0, 0.1) is 0 Å². The summed E-state index contributed by atoms with van der Waals surface area (Å²) in [6.45, 7) is 13.7. The van der Waals surface area contributed by atoms with Crippen LogP contribution < -0.4 is 5.56 Å². The average Bonchev–Trinajstić information content (AvgIpc) is 3.32. The number of fused-ring (bicyclic) bond motifs is 5. The summed E-state index contributed by atoms with van der Waals surface area (Å²) < 4.78 is 26.0. The number of para-hydroxylation sites is 1. The van der Waals surface area contributed by atoms with Gasteiger partial charge in [0, 0.05) is 22.6 Å². The van der Waals surface area contributed by atoms with Gasteiger partial charge < -0.3 is 22.9 Å². The summed E-state index contributed by atoms with van der Waals surface area (Å²) in [4.78, 5) is 44.1. The number of aromatic nitrogens is 2. The van der Waals surface area contributed by atoms with Gasteiger partial charge in [0.2, 0.25) is 0 Å². The molecule has 0 aliphatic carbocycles. The van der Waals surface area contributed by atoms with E-state index in [1.807, 2.05) is 65.0 Å². The molecule has 2 aliphatic rings. The molecule has 0 radical (unpaired) electrons. The Hall–Kier alpha value is -3.60. The highest BCUT2D eigenvalue weighted by atomic mass is 28.4. The maximum Gasteiger partial charge on any atom is 0.344 e. The molecule has 3 aromatic rings. The monoisotopic (exact) mass is 576 g/mol. The second kappa shape index (κ2) is 11.0. The van der Waals surface area contributed by atoms with Gasteiger partial charge in [-0.15, -0.1) is 0 Å². The van der Waals surface area contributed by atoms with Crippen LogP contribution in [-0.4, -0.2) is 43.3 Å². The predicted octanol–water partition coefficient (Wildman–Crippen LogP) is 5.11. The molecule has 0 saturated heterocycles. The second-order valence-corrected chi connectivity index (χ2v) is 15.4. The normalized spacial score (nSPS) is 17.8. The standard InChI is InChI=1S/C31H36N2O7Si/c1-7-27(34)37-13-14-39-41(19(3)4,20(5)6)40-31(8-2)24-16-26-28-22(15-21-11-9-10-12-25(21)32-28)17-33(26)29(35)23(24)18-38-30(31)36/h7,9-12,15-16,19-20H,1,8,13-14,17-18H2,2-6H3. The third-order valence-corrected chi connectivity index (χ3v) is 12.7. The number of esters is 2. The number of pyridine rings is 2. The van der Waals surface area contributed by atoms with E-state index in [2.05, 4.69) is 12.6 Å². The molecule has 0 saturated carbocycles. The Kier molecular flexibility index (Phi) is 7.75. The number of hydrogen-bond acceptors (Lipinski definition) is 8. The van der Waals surface area contributed by atoms with Crippen LogP contribution in [0.15, 0.2) is 53.8 Å². The molecule has 41 heavy (non-hydrogen) atoms. The molecule has 5 rings (SSSR count). The summed E-state index contributed by atoms with van der Waals surface area (Å²) >= 11 is 0. The van der Waals surface area contributed by atoms with Crippen molar-refractivity contribution in [1.82, 2.24) is 9.55 Å². The quantitative estimate of drug-likeness (QED) is 0.111. The van der Waals surface area contributed by atoms with E-state index in [4.69, 9.17) is 23.3 Å². The molecule has 9 nitrogen and oxygen atoms in total. The van der Waals surface area contributed by atoms with Crippen molar-refractivity contribution in [1.29, 1.82) is 0 Å². The lowest BCUT2D eigenvalue weighted by atomic mass is 9.86. The van der Waals surface area contributed by atoms with Gasteiger partial charge in [-0.05, 0) is 35.7 Å². The lowest BCUT2D eigenvalue weighted by Gasteiger charge is -2.46. The molecule has 0 amide bonds.